The van der Waals surface area contributed by atoms with E-state index in [1.807, 2.05) is 12.1 Å². The van der Waals surface area contributed by atoms with E-state index in [-0.39, 0.29) is 12.2 Å². The van der Waals surface area contributed by atoms with Crippen molar-refractivity contribution in [2.75, 3.05) is 14.2 Å². The third-order valence-electron chi connectivity index (χ3n) is 6.99. The van der Waals surface area contributed by atoms with Gasteiger partial charge in [-0.25, -0.2) is 0 Å². The topological polar surface area (TPSA) is 40.8 Å². The standard InChI is InChI=1S/C27H26O4/c1-28-25-14-19-17-7-3-6-10-23(17)31-27(21(19)15-26(25)29-2)16-11-12-24-20(13-16)18-8-4-5-9-22(18)30-24/h4-5,8-9,11-15,17,23,27H,3,6-7,10H2,1-2H3/t17-,23+,27+/m1/s1. The fourth-order valence-corrected chi connectivity index (χ4v) is 5.49. The molecule has 1 saturated carbocycles. The summed E-state index contributed by atoms with van der Waals surface area (Å²) in [5.74, 6) is 1.96. The number of rotatable bonds is 3. The first kappa shape index (κ1) is 18.8. The molecule has 4 heteroatoms. The van der Waals surface area contributed by atoms with Gasteiger partial charge in [0.1, 0.15) is 17.3 Å². The maximum absolute atomic E-state index is 6.79. The summed E-state index contributed by atoms with van der Waals surface area (Å²) in [5, 5.41) is 2.27. The van der Waals surface area contributed by atoms with Gasteiger partial charge in [-0.2, -0.15) is 0 Å². The van der Waals surface area contributed by atoms with Gasteiger partial charge in [0.25, 0.3) is 0 Å². The fraction of sp³-hybridized carbons (Fsp3) is 0.333. The van der Waals surface area contributed by atoms with E-state index >= 15 is 0 Å². The van der Waals surface area contributed by atoms with E-state index in [0.29, 0.717) is 5.92 Å². The molecular formula is C27H26O4. The Morgan fingerprint density at radius 1 is 0.774 bits per heavy atom. The van der Waals surface area contributed by atoms with Crippen LogP contribution in [0.2, 0.25) is 0 Å². The highest BCUT2D eigenvalue weighted by Crippen LogP contribution is 2.50. The van der Waals surface area contributed by atoms with E-state index < -0.39 is 0 Å². The Labute approximate surface area is 181 Å². The summed E-state index contributed by atoms with van der Waals surface area (Å²) in [6.07, 6.45) is 4.84. The maximum Gasteiger partial charge on any atom is 0.161 e. The molecule has 2 heterocycles. The molecule has 1 aromatic heterocycles. The minimum absolute atomic E-state index is 0.132. The van der Waals surface area contributed by atoms with Crippen molar-refractivity contribution in [3.05, 3.63) is 71.3 Å². The number of hydrogen-bond acceptors (Lipinski definition) is 4. The Morgan fingerprint density at radius 3 is 2.35 bits per heavy atom. The lowest BCUT2D eigenvalue weighted by atomic mass is 9.75. The van der Waals surface area contributed by atoms with E-state index in [4.69, 9.17) is 18.6 Å². The Morgan fingerprint density at radius 2 is 1.52 bits per heavy atom. The van der Waals surface area contributed by atoms with Crippen LogP contribution in [0.25, 0.3) is 21.9 Å². The molecule has 158 valence electrons. The van der Waals surface area contributed by atoms with Crippen LogP contribution in [0.5, 0.6) is 11.5 Å². The van der Waals surface area contributed by atoms with Crippen LogP contribution in [-0.2, 0) is 4.74 Å². The van der Waals surface area contributed by atoms with E-state index in [0.717, 1.165) is 51.8 Å². The number of ether oxygens (including phenoxy) is 3. The summed E-state index contributed by atoms with van der Waals surface area (Å²) in [6.45, 7) is 0. The molecule has 0 unspecified atom stereocenters. The van der Waals surface area contributed by atoms with Crippen LogP contribution in [0.4, 0.5) is 0 Å². The average Bonchev–Trinajstić information content (AvgIpc) is 3.20. The van der Waals surface area contributed by atoms with Crippen LogP contribution < -0.4 is 9.47 Å². The molecule has 4 aromatic rings. The largest absolute Gasteiger partial charge is 0.493 e. The molecule has 0 radical (unpaired) electrons. The third-order valence-corrected chi connectivity index (χ3v) is 6.99. The lowest BCUT2D eigenvalue weighted by molar-refractivity contribution is -0.0390. The molecular weight excluding hydrogens is 388 g/mol. The first-order valence-corrected chi connectivity index (χ1v) is 11.1. The maximum atomic E-state index is 6.79. The van der Waals surface area contributed by atoms with Crippen LogP contribution in [-0.4, -0.2) is 20.3 Å². The van der Waals surface area contributed by atoms with Gasteiger partial charge in [0.05, 0.1) is 20.3 Å². The van der Waals surface area contributed by atoms with Crippen molar-refractivity contribution < 1.29 is 18.6 Å². The molecule has 2 aliphatic rings. The minimum atomic E-state index is -0.132. The van der Waals surface area contributed by atoms with Gasteiger partial charge in [-0.3, -0.25) is 0 Å². The second kappa shape index (κ2) is 7.31. The van der Waals surface area contributed by atoms with Crippen molar-refractivity contribution >= 4 is 21.9 Å². The molecule has 1 aliphatic heterocycles. The van der Waals surface area contributed by atoms with Crippen molar-refractivity contribution in [2.24, 2.45) is 0 Å². The highest BCUT2D eigenvalue weighted by molar-refractivity contribution is 6.05. The SMILES string of the molecule is COc1cc2c(cc1OC)[C@H]1CCCC[C@@H]1O[C@H]2c1ccc2oc3ccccc3c2c1. The second-order valence-electron chi connectivity index (χ2n) is 8.64. The molecule has 3 atom stereocenters. The zero-order valence-electron chi connectivity index (χ0n) is 17.9. The van der Waals surface area contributed by atoms with Crippen molar-refractivity contribution in [2.45, 2.75) is 43.8 Å². The summed E-state index contributed by atoms with van der Waals surface area (Å²) < 4.78 is 24.1. The Balaban J connectivity index is 1.54. The van der Waals surface area contributed by atoms with E-state index in [1.54, 1.807) is 14.2 Å². The van der Waals surface area contributed by atoms with Crippen LogP contribution >= 0.6 is 0 Å². The molecule has 0 saturated heterocycles. The van der Waals surface area contributed by atoms with Crippen LogP contribution in [0.15, 0.2) is 59.0 Å². The molecule has 3 aromatic carbocycles. The van der Waals surface area contributed by atoms with E-state index in [9.17, 15) is 0 Å². The molecule has 0 spiro atoms. The Hall–Kier alpha value is -2.98. The number of hydrogen-bond donors (Lipinski definition) is 0. The first-order valence-electron chi connectivity index (χ1n) is 11.1. The highest BCUT2D eigenvalue weighted by Gasteiger charge is 2.39. The van der Waals surface area contributed by atoms with Crippen molar-refractivity contribution in [1.82, 2.24) is 0 Å². The predicted octanol–water partition coefficient (Wildman–Crippen LogP) is 6.75. The smallest absolute Gasteiger partial charge is 0.161 e. The summed E-state index contributed by atoms with van der Waals surface area (Å²) >= 11 is 0. The van der Waals surface area contributed by atoms with Crippen LogP contribution in [0.3, 0.4) is 0 Å². The minimum Gasteiger partial charge on any atom is -0.493 e. The van der Waals surface area contributed by atoms with E-state index in [2.05, 4.69) is 42.5 Å². The van der Waals surface area contributed by atoms with Crippen LogP contribution in [0, 0.1) is 0 Å². The summed E-state index contributed by atoms with van der Waals surface area (Å²) in [6, 6.07) is 18.9. The quantitative estimate of drug-likeness (QED) is 0.372. The van der Waals surface area contributed by atoms with Crippen molar-refractivity contribution in [3.8, 4) is 11.5 Å². The molecule has 0 N–H and O–H groups in total. The molecule has 1 fully saturated rings. The number of benzene rings is 3. The molecule has 4 nitrogen and oxygen atoms in total. The predicted molar refractivity (Wildman–Crippen MR) is 121 cm³/mol. The van der Waals surface area contributed by atoms with Crippen LogP contribution in [0.1, 0.15) is 54.4 Å². The second-order valence-corrected chi connectivity index (χ2v) is 8.64. The normalized spacial score (nSPS) is 22.8. The molecule has 0 amide bonds. The molecule has 0 bridgehead atoms. The van der Waals surface area contributed by atoms with Gasteiger partial charge >= 0.3 is 0 Å². The van der Waals surface area contributed by atoms with Gasteiger partial charge in [0.2, 0.25) is 0 Å². The lowest BCUT2D eigenvalue weighted by Crippen LogP contribution is -2.33. The highest BCUT2D eigenvalue weighted by atomic mass is 16.5. The van der Waals surface area contributed by atoms with Gasteiger partial charge in [-0.15, -0.1) is 0 Å². The molecule has 31 heavy (non-hydrogen) atoms. The summed E-state index contributed by atoms with van der Waals surface area (Å²) in [5.41, 5.74) is 5.50. The fourth-order valence-electron chi connectivity index (χ4n) is 5.49. The number of methoxy groups -OCH3 is 2. The summed E-state index contributed by atoms with van der Waals surface area (Å²) in [4.78, 5) is 0. The number of para-hydroxylation sites is 1. The lowest BCUT2D eigenvalue weighted by Gasteiger charge is -2.41. The first-order chi connectivity index (χ1) is 15.3. The average molecular weight is 415 g/mol. The zero-order chi connectivity index (χ0) is 20.9. The van der Waals surface area contributed by atoms with Gasteiger partial charge < -0.3 is 18.6 Å². The van der Waals surface area contributed by atoms with Gasteiger partial charge in [0, 0.05) is 16.7 Å². The van der Waals surface area contributed by atoms with E-state index in [1.165, 1.54) is 24.0 Å². The van der Waals surface area contributed by atoms with Crippen molar-refractivity contribution in [3.63, 3.8) is 0 Å². The van der Waals surface area contributed by atoms with Gasteiger partial charge in [-0.05, 0) is 59.9 Å². The Kier molecular flexibility index (Phi) is 4.43. The zero-order valence-corrected chi connectivity index (χ0v) is 17.9. The Bertz CT molecular complexity index is 1270. The van der Waals surface area contributed by atoms with Crippen molar-refractivity contribution in [1.29, 1.82) is 0 Å². The summed E-state index contributed by atoms with van der Waals surface area (Å²) in [7, 11) is 3.40. The molecule has 1 aliphatic carbocycles. The monoisotopic (exact) mass is 414 g/mol. The van der Waals surface area contributed by atoms with Gasteiger partial charge in [0.15, 0.2) is 11.5 Å². The molecule has 6 rings (SSSR count). The number of furan rings is 1. The number of fused-ring (bicyclic) bond motifs is 6. The van der Waals surface area contributed by atoms with Gasteiger partial charge in [-0.1, -0.05) is 37.1 Å². The third kappa shape index (κ3) is 2.93.